The van der Waals surface area contributed by atoms with Gasteiger partial charge in [0.1, 0.15) is 11.8 Å². The minimum Gasteiger partial charge on any atom is -0.454 e. The van der Waals surface area contributed by atoms with Crippen molar-refractivity contribution in [3.05, 3.63) is 22.1 Å². The summed E-state index contributed by atoms with van der Waals surface area (Å²) in [6.45, 7) is 3.18. The summed E-state index contributed by atoms with van der Waals surface area (Å²) in [6, 6.07) is 0.837. The van der Waals surface area contributed by atoms with Crippen LogP contribution < -0.4 is 11.1 Å². The second kappa shape index (κ2) is 4.48. The number of carbonyl (C=O) groups excluding carboxylic acids is 2. The van der Waals surface area contributed by atoms with Gasteiger partial charge in [-0.2, -0.15) is 0 Å². The van der Waals surface area contributed by atoms with Crippen molar-refractivity contribution in [3.8, 4) is 0 Å². The zero-order valence-electron chi connectivity index (χ0n) is 8.33. The van der Waals surface area contributed by atoms with E-state index in [9.17, 15) is 9.59 Å². The second-order valence-electron chi connectivity index (χ2n) is 3.12. The highest BCUT2D eigenvalue weighted by Crippen LogP contribution is 2.19. The van der Waals surface area contributed by atoms with E-state index in [0.29, 0.717) is 16.0 Å². The minimum absolute atomic E-state index is 0.381. The summed E-state index contributed by atoms with van der Waals surface area (Å²) in [4.78, 5) is 22.3. The Balaban J connectivity index is 2.77. The second-order valence-corrected chi connectivity index (χ2v) is 3.90. The Hall–Kier alpha value is -1.30. The maximum Gasteiger partial charge on any atom is 0.255 e. The number of amides is 2. The molecule has 0 aromatic carbocycles. The maximum absolute atomic E-state index is 11.6. The molecule has 5 nitrogen and oxygen atoms in total. The van der Waals surface area contributed by atoms with Crippen LogP contribution in [0, 0.1) is 6.92 Å². The zero-order chi connectivity index (χ0) is 11.6. The highest BCUT2D eigenvalue weighted by molar-refractivity contribution is 9.10. The molecule has 1 rings (SSSR count). The van der Waals surface area contributed by atoms with E-state index in [1.807, 2.05) is 0 Å². The molecule has 1 atom stereocenters. The number of hydrogen-bond donors (Lipinski definition) is 2. The number of hydrogen-bond acceptors (Lipinski definition) is 3. The van der Waals surface area contributed by atoms with Crippen LogP contribution in [0.4, 0.5) is 0 Å². The van der Waals surface area contributed by atoms with Crippen molar-refractivity contribution in [1.82, 2.24) is 5.32 Å². The van der Waals surface area contributed by atoms with Crippen molar-refractivity contribution in [2.75, 3.05) is 0 Å². The van der Waals surface area contributed by atoms with Gasteiger partial charge in [-0.1, -0.05) is 0 Å². The lowest BCUT2D eigenvalue weighted by molar-refractivity contribution is -0.119. The van der Waals surface area contributed by atoms with E-state index in [4.69, 9.17) is 10.2 Å². The zero-order valence-corrected chi connectivity index (χ0v) is 9.92. The number of primary amides is 1. The molecule has 0 unspecified atom stereocenters. The Bertz CT molecular complexity index is 400. The molecule has 6 heteroatoms. The van der Waals surface area contributed by atoms with E-state index in [1.165, 1.54) is 6.92 Å². The molecule has 82 valence electrons. The molecule has 3 N–H and O–H groups in total. The summed E-state index contributed by atoms with van der Waals surface area (Å²) in [6.07, 6.45) is 0. The van der Waals surface area contributed by atoms with Crippen LogP contribution in [0.1, 0.15) is 23.0 Å². The lowest BCUT2D eigenvalue weighted by Crippen LogP contribution is -2.42. The van der Waals surface area contributed by atoms with Crippen LogP contribution in [-0.4, -0.2) is 17.9 Å². The van der Waals surface area contributed by atoms with Gasteiger partial charge < -0.3 is 15.5 Å². The molecule has 0 aliphatic carbocycles. The van der Waals surface area contributed by atoms with Crippen molar-refractivity contribution in [3.63, 3.8) is 0 Å². The minimum atomic E-state index is -0.703. The van der Waals surface area contributed by atoms with Crippen molar-refractivity contribution < 1.29 is 14.0 Å². The van der Waals surface area contributed by atoms with Gasteiger partial charge in [0.2, 0.25) is 5.91 Å². The molecule has 0 bridgehead atoms. The SMILES string of the molecule is Cc1oc(Br)cc1C(=O)N[C@H](C)C(N)=O. The van der Waals surface area contributed by atoms with Crippen molar-refractivity contribution in [2.24, 2.45) is 5.73 Å². The summed E-state index contributed by atoms with van der Waals surface area (Å²) in [5, 5.41) is 2.46. The molecule has 1 aromatic heterocycles. The van der Waals surface area contributed by atoms with Crippen LogP contribution >= 0.6 is 15.9 Å². The van der Waals surface area contributed by atoms with Gasteiger partial charge in [0.05, 0.1) is 5.56 Å². The molecule has 0 aliphatic rings. The topological polar surface area (TPSA) is 85.3 Å². The van der Waals surface area contributed by atoms with E-state index in [-0.39, 0.29) is 5.91 Å². The molecule has 1 heterocycles. The van der Waals surface area contributed by atoms with Gasteiger partial charge in [0, 0.05) is 6.07 Å². The number of aryl methyl sites for hydroxylation is 1. The standard InChI is InChI=1S/C9H11BrN2O3/c1-4(8(11)13)12-9(14)6-3-7(10)15-5(6)2/h3-4H,1-2H3,(H2,11,13)(H,12,14)/t4-/m1/s1. The highest BCUT2D eigenvalue weighted by Gasteiger charge is 2.17. The normalized spacial score (nSPS) is 12.2. The molecular weight excluding hydrogens is 264 g/mol. The first-order chi connectivity index (χ1) is 6.91. The average molecular weight is 275 g/mol. The molecule has 0 spiro atoms. The molecule has 15 heavy (non-hydrogen) atoms. The van der Waals surface area contributed by atoms with Gasteiger partial charge in [-0.25, -0.2) is 0 Å². The van der Waals surface area contributed by atoms with E-state index >= 15 is 0 Å². The number of furan rings is 1. The van der Waals surface area contributed by atoms with Crippen LogP contribution in [0.25, 0.3) is 0 Å². The fourth-order valence-corrected chi connectivity index (χ4v) is 1.49. The largest absolute Gasteiger partial charge is 0.454 e. The van der Waals surface area contributed by atoms with Crippen LogP contribution in [0.5, 0.6) is 0 Å². The van der Waals surface area contributed by atoms with Crippen LogP contribution in [0.15, 0.2) is 15.2 Å². The first-order valence-corrected chi connectivity index (χ1v) is 5.07. The van der Waals surface area contributed by atoms with Gasteiger partial charge in [-0.05, 0) is 29.8 Å². The van der Waals surface area contributed by atoms with Crippen LogP contribution in [-0.2, 0) is 4.79 Å². The predicted octanol–water partition coefficient (Wildman–Crippen LogP) is 0.954. The quantitative estimate of drug-likeness (QED) is 0.861. The number of carbonyl (C=O) groups is 2. The molecule has 0 radical (unpaired) electrons. The Kier molecular flexibility index (Phi) is 3.52. The number of rotatable bonds is 3. The fraction of sp³-hybridized carbons (Fsp3) is 0.333. The number of halogens is 1. The van der Waals surface area contributed by atoms with Crippen molar-refractivity contribution in [1.29, 1.82) is 0 Å². The number of nitrogens with two attached hydrogens (primary N) is 1. The van der Waals surface area contributed by atoms with Crippen LogP contribution in [0.2, 0.25) is 0 Å². The first-order valence-electron chi connectivity index (χ1n) is 4.28. The summed E-state index contributed by atoms with van der Waals surface area (Å²) in [5.74, 6) is -0.479. The fourth-order valence-electron chi connectivity index (χ4n) is 1.02. The third-order valence-electron chi connectivity index (χ3n) is 1.91. The molecule has 0 fully saturated rings. The van der Waals surface area contributed by atoms with E-state index in [2.05, 4.69) is 21.2 Å². The van der Waals surface area contributed by atoms with Gasteiger partial charge in [-0.3, -0.25) is 9.59 Å². The lowest BCUT2D eigenvalue weighted by atomic mass is 10.2. The maximum atomic E-state index is 11.6. The van der Waals surface area contributed by atoms with Crippen LogP contribution in [0.3, 0.4) is 0 Å². The molecule has 0 aliphatic heterocycles. The molecule has 0 saturated heterocycles. The van der Waals surface area contributed by atoms with Gasteiger partial charge in [0.15, 0.2) is 4.67 Å². The predicted molar refractivity (Wildman–Crippen MR) is 57.3 cm³/mol. The monoisotopic (exact) mass is 274 g/mol. The molecule has 1 aromatic rings. The van der Waals surface area contributed by atoms with Gasteiger partial charge in [-0.15, -0.1) is 0 Å². The lowest BCUT2D eigenvalue weighted by Gasteiger charge is -2.08. The van der Waals surface area contributed by atoms with E-state index in [0.717, 1.165) is 0 Å². The molecule has 0 saturated carbocycles. The van der Waals surface area contributed by atoms with Crippen molar-refractivity contribution in [2.45, 2.75) is 19.9 Å². The van der Waals surface area contributed by atoms with Gasteiger partial charge >= 0.3 is 0 Å². The van der Waals surface area contributed by atoms with E-state index in [1.54, 1.807) is 13.0 Å². The van der Waals surface area contributed by atoms with Gasteiger partial charge in [0.25, 0.3) is 5.91 Å². The van der Waals surface area contributed by atoms with Crippen molar-refractivity contribution >= 4 is 27.7 Å². The Morgan fingerprint density at radius 1 is 1.60 bits per heavy atom. The average Bonchev–Trinajstić information content (AvgIpc) is 2.44. The summed E-state index contributed by atoms with van der Waals surface area (Å²) in [5.41, 5.74) is 5.40. The molecular formula is C9H11BrN2O3. The Labute approximate surface area is 95.1 Å². The number of nitrogens with one attached hydrogen (secondary N) is 1. The molecule has 2 amide bonds. The summed E-state index contributed by atoms with van der Waals surface area (Å²) in [7, 11) is 0. The Morgan fingerprint density at radius 3 is 2.60 bits per heavy atom. The third-order valence-corrected chi connectivity index (χ3v) is 2.30. The Morgan fingerprint density at radius 2 is 2.20 bits per heavy atom. The summed E-state index contributed by atoms with van der Waals surface area (Å²) >= 11 is 3.11. The van der Waals surface area contributed by atoms with E-state index < -0.39 is 11.9 Å². The smallest absolute Gasteiger partial charge is 0.255 e. The third kappa shape index (κ3) is 2.82. The first kappa shape index (κ1) is 11.8. The summed E-state index contributed by atoms with van der Waals surface area (Å²) < 4.78 is 5.59. The highest BCUT2D eigenvalue weighted by atomic mass is 79.9.